The molecule has 0 aromatic rings. The van der Waals surface area contributed by atoms with Gasteiger partial charge in [0.25, 0.3) is 0 Å². The van der Waals surface area contributed by atoms with Crippen molar-refractivity contribution in [2.75, 3.05) is 26.7 Å². The van der Waals surface area contributed by atoms with Gasteiger partial charge in [-0.25, -0.2) is 0 Å². The zero-order valence-corrected chi connectivity index (χ0v) is 12.0. The largest absolute Gasteiger partial charge is 0.468 e. The Kier molecular flexibility index (Phi) is 9.09. The van der Waals surface area contributed by atoms with Crippen LogP contribution in [0.3, 0.4) is 0 Å². The molecule has 0 aromatic heterocycles. The summed E-state index contributed by atoms with van der Waals surface area (Å²) in [5, 5.41) is 3.25. The maximum absolute atomic E-state index is 11.6. The van der Waals surface area contributed by atoms with Crippen molar-refractivity contribution < 1.29 is 9.53 Å². The van der Waals surface area contributed by atoms with Gasteiger partial charge in [-0.15, -0.1) is 0 Å². The fraction of sp³-hybridized carbons (Fsp3) is 0.923. The van der Waals surface area contributed by atoms with Crippen LogP contribution in [-0.2, 0) is 9.53 Å². The zero-order chi connectivity index (χ0) is 13.3. The topological polar surface area (TPSA) is 41.6 Å². The maximum atomic E-state index is 11.6. The molecule has 4 heteroatoms. The Morgan fingerprint density at radius 1 is 1.29 bits per heavy atom. The van der Waals surface area contributed by atoms with Gasteiger partial charge < -0.3 is 15.0 Å². The molecule has 102 valence electrons. The molecule has 0 aromatic carbocycles. The first-order chi connectivity index (χ1) is 8.04. The Bertz CT molecular complexity index is 208. The van der Waals surface area contributed by atoms with Crippen LogP contribution in [0.4, 0.5) is 0 Å². The number of esters is 1. The molecule has 0 rings (SSSR count). The highest BCUT2D eigenvalue weighted by Gasteiger charge is 2.20. The normalized spacial score (nSPS) is 13.1. The van der Waals surface area contributed by atoms with Gasteiger partial charge in [0.1, 0.15) is 6.04 Å². The van der Waals surface area contributed by atoms with Gasteiger partial charge in [-0.2, -0.15) is 0 Å². The summed E-state index contributed by atoms with van der Waals surface area (Å²) < 4.78 is 4.82. The summed E-state index contributed by atoms with van der Waals surface area (Å²) in [7, 11) is 1.45. The zero-order valence-electron chi connectivity index (χ0n) is 12.0. The molecule has 0 aliphatic rings. The van der Waals surface area contributed by atoms with E-state index in [1.165, 1.54) is 7.11 Å². The lowest BCUT2D eigenvalue weighted by atomic mass is 10.1. The number of methoxy groups -OCH3 is 1. The summed E-state index contributed by atoms with van der Waals surface area (Å²) in [5.74, 6) is -0.161. The van der Waals surface area contributed by atoms with Crippen molar-refractivity contribution in [2.24, 2.45) is 0 Å². The van der Waals surface area contributed by atoms with Gasteiger partial charge in [-0.3, -0.25) is 4.79 Å². The quantitative estimate of drug-likeness (QED) is 0.626. The highest BCUT2D eigenvalue weighted by molar-refractivity contribution is 5.75. The Morgan fingerprint density at radius 3 is 2.35 bits per heavy atom. The number of carbonyl (C=O) groups is 1. The van der Waals surface area contributed by atoms with E-state index in [4.69, 9.17) is 4.74 Å². The van der Waals surface area contributed by atoms with E-state index in [1.807, 2.05) is 13.8 Å². The molecule has 0 heterocycles. The molecule has 0 aliphatic carbocycles. The molecule has 0 aliphatic heterocycles. The van der Waals surface area contributed by atoms with Gasteiger partial charge >= 0.3 is 5.97 Å². The summed E-state index contributed by atoms with van der Waals surface area (Å²) in [6.07, 6.45) is 1.95. The average molecular weight is 244 g/mol. The van der Waals surface area contributed by atoms with Crippen LogP contribution in [0, 0.1) is 0 Å². The summed E-state index contributed by atoms with van der Waals surface area (Å²) in [6.45, 7) is 11.5. The van der Waals surface area contributed by atoms with E-state index < -0.39 is 0 Å². The van der Waals surface area contributed by atoms with Crippen molar-refractivity contribution in [3.63, 3.8) is 0 Å². The number of rotatable bonds is 9. The van der Waals surface area contributed by atoms with Crippen LogP contribution in [0.2, 0.25) is 0 Å². The maximum Gasteiger partial charge on any atom is 0.322 e. The highest BCUT2D eigenvalue weighted by Crippen LogP contribution is 2.01. The van der Waals surface area contributed by atoms with Crippen LogP contribution < -0.4 is 5.32 Å². The summed E-state index contributed by atoms with van der Waals surface area (Å²) in [6, 6.07) is 0.103. The molecule has 1 atom stereocenters. The number of ether oxygens (including phenoxy) is 1. The molecular weight excluding hydrogens is 216 g/mol. The van der Waals surface area contributed by atoms with Gasteiger partial charge in [-0.1, -0.05) is 27.7 Å². The van der Waals surface area contributed by atoms with Crippen LogP contribution in [-0.4, -0.2) is 49.7 Å². The highest BCUT2D eigenvalue weighted by atomic mass is 16.5. The van der Waals surface area contributed by atoms with Crippen LogP contribution in [0.15, 0.2) is 0 Å². The van der Waals surface area contributed by atoms with E-state index >= 15 is 0 Å². The molecule has 0 radical (unpaired) electrons. The molecule has 0 saturated carbocycles. The van der Waals surface area contributed by atoms with E-state index in [0.29, 0.717) is 6.04 Å². The second-order valence-corrected chi connectivity index (χ2v) is 4.62. The monoisotopic (exact) mass is 244 g/mol. The fourth-order valence-electron chi connectivity index (χ4n) is 1.87. The summed E-state index contributed by atoms with van der Waals surface area (Å²) in [5.41, 5.74) is 0. The lowest BCUT2D eigenvalue weighted by Crippen LogP contribution is -2.43. The minimum absolute atomic E-state index is 0.161. The number of nitrogens with one attached hydrogen (secondary N) is 1. The van der Waals surface area contributed by atoms with Crippen LogP contribution in [0.5, 0.6) is 0 Å². The third-order valence-corrected chi connectivity index (χ3v) is 2.74. The molecule has 4 nitrogen and oxygen atoms in total. The SMILES string of the molecule is CCCN(CC)CCC(NC(C)C)C(=O)OC. The second-order valence-electron chi connectivity index (χ2n) is 4.62. The van der Waals surface area contributed by atoms with Crippen molar-refractivity contribution in [1.82, 2.24) is 10.2 Å². The van der Waals surface area contributed by atoms with Gasteiger partial charge in [0.15, 0.2) is 0 Å². The molecule has 1 unspecified atom stereocenters. The first-order valence-corrected chi connectivity index (χ1v) is 6.61. The van der Waals surface area contributed by atoms with Crippen LogP contribution in [0.25, 0.3) is 0 Å². The second kappa shape index (κ2) is 9.42. The molecule has 0 spiro atoms. The number of hydrogen-bond acceptors (Lipinski definition) is 4. The Hall–Kier alpha value is -0.610. The van der Waals surface area contributed by atoms with Gasteiger partial charge in [-0.05, 0) is 25.9 Å². The molecule has 1 N–H and O–H groups in total. The lowest BCUT2D eigenvalue weighted by Gasteiger charge is -2.24. The molecule has 17 heavy (non-hydrogen) atoms. The average Bonchev–Trinajstić information content (AvgIpc) is 2.31. The molecule has 0 fully saturated rings. The molecule has 0 saturated heterocycles. The van der Waals surface area contributed by atoms with E-state index in [-0.39, 0.29) is 12.0 Å². The lowest BCUT2D eigenvalue weighted by molar-refractivity contribution is -0.143. The smallest absolute Gasteiger partial charge is 0.322 e. The molecule has 0 amide bonds. The van der Waals surface area contributed by atoms with Crippen molar-refractivity contribution >= 4 is 5.97 Å². The number of nitrogens with zero attached hydrogens (tertiary/aromatic N) is 1. The third-order valence-electron chi connectivity index (χ3n) is 2.74. The standard InChI is InChI=1S/C13H28N2O2/c1-6-9-15(7-2)10-8-12(13(16)17-5)14-11(3)4/h11-12,14H,6-10H2,1-5H3. The van der Waals surface area contributed by atoms with Crippen molar-refractivity contribution in [3.05, 3.63) is 0 Å². The summed E-state index contributed by atoms with van der Waals surface area (Å²) in [4.78, 5) is 14.0. The van der Waals surface area contributed by atoms with Gasteiger partial charge in [0, 0.05) is 12.6 Å². The Labute approximate surface area is 106 Å². The predicted octanol–water partition coefficient (Wildman–Crippen LogP) is 1.65. The third kappa shape index (κ3) is 7.34. The van der Waals surface area contributed by atoms with Gasteiger partial charge in [0.2, 0.25) is 0 Å². The van der Waals surface area contributed by atoms with Crippen molar-refractivity contribution in [3.8, 4) is 0 Å². The Balaban J connectivity index is 4.18. The van der Waals surface area contributed by atoms with Crippen molar-refractivity contribution in [2.45, 2.75) is 52.6 Å². The van der Waals surface area contributed by atoms with Crippen LogP contribution >= 0.6 is 0 Å². The number of carbonyl (C=O) groups excluding carboxylic acids is 1. The molecule has 0 bridgehead atoms. The predicted molar refractivity (Wildman–Crippen MR) is 71.1 cm³/mol. The fourth-order valence-corrected chi connectivity index (χ4v) is 1.87. The van der Waals surface area contributed by atoms with E-state index in [2.05, 4.69) is 24.1 Å². The first kappa shape index (κ1) is 16.4. The minimum Gasteiger partial charge on any atom is -0.468 e. The van der Waals surface area contributed by atoms with Crippen LogP contribution in [0.1, 0.15) is 40.5 Å². The number of hydrogen-bond donors (Lipinski definition) is 1. The van der Waals surface area contributed by atoms with Gasteiger partial charge in [0.05, 0.1) is 7.11 Å². The molecular formula is C13H28N2O2. The van der Waals surface area contributed by atoms with E-state index in [0.717, 1.165) is 32.5 Å². The Morgan fingerprint density at radius 2 is 1.94 bits per heavy atom. The van der Waals surface area contributed by atoms with E-state index in [9.17, 15) is 4.79 Å². The van der Waals surface area contributed by atoms with E-state index in [1.54, 1.807) is 0 Å². The summed E-state index contributed by atoms with van der Waals surface area (Å²) >= 11 is 0. The minimum atomic E-state index is -0.189. The van der Waals surface area contributed by atoms with Crippen molar-refractivity contribution in [1.29, 1.82) is 0 Å². The first-order valence-electron chi connectivity index (χ1n) is 6.61.